The SMILES string of the molecule is O=CC(CN1CCCC1)n1cnc2scc(-c3ccc(Cl)c(C(F)(F)F)c3)c2c1=O. The van der Waals surface area contributed by atoms with Crippen molar-refractivity contribution < 1.29 is 18.0 Å². The molecule has 0 bridgehead atoms. The Balaban J connectivity index is 1.81. The lowest BCUT2D eigenvalue weighted by Gasteiger charge is -2.20. The fourth-order valence-corrected chi connectivity index (χ4v) is 4.86. The number of carbonyl (C=O) groups excluding carboxylic acids is 1. The molecule has 10 heteroatoms. The zero-order valence-electron chi connectivity index (χ0n) is 15.7. The first-order valence-electron chi connectivity index (χ1n) is 9.32. The molecular weight excluding hydrogens is 439 g/mol. The summed E-state index contributed by atoms with van der Waals surface area (Å²) in [5.74, 6) is 0. The Labute approximate surface area is 178 Å². The molecule has 158 valence electrons. The highest BCUT2D eigenvalue weighted by Gasteiger charge is 2.33. The van der Waals surface area contributed by atoms with E-state index in [9.17, 15) is 22.8 Å². The van der Waals surface area contributed by atoms with Crippen LogP contribution in [-0.4, -0.2) is 40.4 Å². The fourth-order valence-electron chi connectivity index (χ4n) is 3.73. The summed E-state index contributed by atoms with van der Waals surface area (Å²) in [5, 5.41) is 1.39. The van der Waals surface area contributed by atoms with E-state index in [1.807, 2.05) is 0 Å². The van der Waals surface area contributed by atoms with Gasteiger partial charge in [-0.3, -0.25) is 9.36 Å². The molecule has 5 nitrogen and oxygen atoms in total. The smallest absolute Gasteiger partial charge is 0.301 e. The zero-order chi connectivity index (χ0) is 21.5. The van der Waals surface area contributed by atoms with Gasteiger partial charge < -0.3 is 9.69 Å². The molecule has 0 aliphatic carbocycles. The third-order valence-corrected chi connectivity index (χ3v) is 6.48. The largest absolute Gasteiger partial charge is 0.417 e. The summed E-state index contributed by atoms with van der Waals surface area (Å²) in [6.07, 6.45) is -0.475. The van der Waals surface area contributed by atoms with Gasteiger partial charge in [0.25, 0.3) is 5.56 Å². The van der Waals surface area contributed by atoms with Gasteiger partial charge in [0.05, 0.1) is 22.3 Å². The number of carbonyl (C=O) groups is 1. The molecule has 0 spiro atoms. The molecule has 0 saturated carbocycles. The number of aldehydes is 1. The van der Waals surface area contributed by atoms with Gasteiger partial charge in [-0.1, -0.05) is 17.7 Å². The van der Waals surface area contributed by atoms with Crippen molar-refractivity contribution in [3.05, 3.63) is 50.8 Å². The topological polar surface area (TPSA) is 55.2 Å². The van der Waals surface area contributed by atoms with E-state index in [0.717, 1.165) is 43.3 Å². The number of rotatable bonds is 5. The summed E-state index contributed by atoms with van der Waals surface area (Å²) in [7, 11) is 0. The maximum atomic E-state index is 13.3. The average molecular weight is 456 g/mol. The number of hydrogen-bond acceptors (Lipinski definition) is 5. The van der Waals surface area contributed by atoms with E-state index in [4.69, 9.17) is 11.6 Å². The zero-order valence-corrected chi connectivity index (χ0v) is 17.2. The van der Waals surface area contributed by atoms with Gasteiger partial charge in [0, 0.05) is 17.5 Å². The number of benzene rings is 1. The number of fused-ring (bicyclic) bond motifs is 1. The highest BCUT2D eigenvalue weighted by atomic mass is 35.5. The summed E-state index contributed by atoms with van der Waals surface area (Å²) < 4.78 is 41.1. The second-order valence-electron chi connectivity index (χ2n) is 7.19. The van der Waals surface area contributed by atoms with Gasteiger partial charge in [0.1, 0.15) is 17.2 Å². The molecular formula is C20H17ClF3N3O2S. The molecule has 1 unspecified atom stereocenters. The van der Waals surface area contributed by atoms with Crippen molar-refractivity contribution in [2.75, 3.05) is 19.6 Å². The minimum Gasteiger partial charge on any atom is -0.301 e. The monoisotopic (exact) mass is 455 g/mol. The number of alkyl halides is 3. The first-order chi connectivity index (χ1) is 14.3. The van der Waals surface area contributed by atoms with Crippen LogP contribution in [0.5, 0.6) is 0 Å². The van der Waals surface area contributed by atoms with E-state index in [2.05, 4.69) is 9.88 Å². The lowest BCUT2D eigenvalue weighted by molar-refractivity contribution is -0.137. The molecule has 1 atom stereocenters. The highest BCUT2D eigenvalue weighted by molar-refractivity contribution is 7.17. The van der Waals surface area contributed by atoms with Crippen LogP contribution in [0.2, 0.25) is 5.02 Å². The summed E-state index contributed by atoms with van der Waals surface area (Å²) in [6, 6.07) is 2.83. The molecule has 4 rings (SSSR count). The normalized spacial score (nSPS) is 16.3. The summed E-state index contributed by atoms with van der Waals surface area (Å²) in [4.78, 5) is 31.7. The van der Waals surface area contributed by atoms with Crippen molar-refractivity contribution in [2.24, 2.45) is 0 Å². The molecule has 0 N–H and O–H groups in total. The van der Waals surface area contributed by atoms with Crippen molar-refractivity contribution in [2.45, 2.75) is 25.1 Å². The number of aromatic nitrogens is 2. The van der Waals surface area contributed by atoms with E-state index < -0.39 is 28.4 Å². The van der Waals surface area contributed by atoms with Crippen LogP contribution in [0.25, 0.3) is 21.3 Å². The first kappa shape index (κ1) is 21.0. The van der Waals surface area contributed by atoms with E-state index >= 15 is 0 Å². The van der Waals surface area contributed by atoms with Crippen LogP contribution in [0.1, 0.15) is 24.4 Å². The van der Waals surface area contributed by atoms with Crippen molar-refractivity contribution in [1.82, 2.24) is 14.5 Å². The van der Waals surface area contributed by atoms with Crippen LogP contribution in [0.4, 0.5) is 13.2 Å². The minimum absolute atomic E-state index is 0.200. The van der Waals surface area contributed by atoms with Crippen molar-refractivity contribution in [3.63, 3.8) is 0 Å². The Kier molecular flexibility index (Phi) is 5.69. The molecule has 0 radical (unpaired) electrons. The van der Waals surface area contributed by atoms with E-state index in [1.54, 1.807) is 5.38 Å². The average Bonchev–Trinajstić information content (AvgIpc) is 3.36. The Morgan fingerprint density at radius 1 is 1.27 bits per heavy atom. The molecule has 1 fully saturated rings. The molecule has 3 aromatic rings. The van der Waals surface area contributed by atoms with Crippen LogP contribution in [0, 0.1) is 0 Å². The quantitative estimate of drug-likeness (QED) is 0.526. The Morgan fingerprint density at radius 3 is 2.67 bits per heavy atom. The molecule has 1 aliphatic rings. The summed E-state index contributed by atoms with van der Waals surface area (Å²) >= 11 is 6.88. The van der Waals surface area contributed by atoms with Crippen LogP contribution in [0.15, 0.2) is 34.7 Å². The molecule has 1 saturated heterocycles. The van der Waals surface area contributed by atoms with Crippen LogP contribution in [-0.2, 0) is 11.0 Å². The second-order valence-corrected chi connectivity index (χ2v) is 8.46. The standard InChI is InChI=1S/C20H17ClF3N3O2S/c21-16-4-3-12(7-15(16)20(22,23)24)14-10-30-18-17(14)19(29)27(11-25-18)13(9-28)8-26-5-1-2-6-26/h3-4,7,9-11,13H,1-2,5-6,8H2. The maximum Gasteiger partial charge on any atom is 0.417 e. The predicted octanol–water partition coefficient (Wildman–Crippen LogP) is 4.63. The van der Waals surface area contributed by atoms with E-state index in [0.29, 0.717) is 23.2 Å². The third-order valence-electron chi connectivity index (χ3n) is 5.26. The van der Waals surface area contributed by atoms with Crippen LogP contribution >= 0.6 is 22.9 Å². The van der Waals surface area contributed by atoms with E-state index in [1.165, 1.54) is 23.0 Å². The van der Waals surface area contributed by atoms with Gasteiger partial charge in [0.2, 0.25) is 0 Å². The molecule has 0 amide bonds. The van der Waals surface area contributed by atoms with Gasteiger partial charge in [-0.15, -0.1) is 11.3 Å². The lowest BCUT2D eigenvalue weighted by atomic mass is 10.0. The van der Waals surface area contributed by atoms with Gasteiger partial charge >= 0.3 is 6.18 Å². The molecule has 30 heavy (non-hydrogen) atoms. The Bertz CT molecular complexity index is 1150. The van der Waals surface area contributed by atoms with Gasteiger partial charge in [0.15, 0.2) is 0 Å². The Hall–Kier alpha value is -2.23. The van der Waals surface area contributed by atoms with E-state index in [-0.39, 0.29) is 10.9 Å². The first-order valence-corrected chi connectivity index (χ1v) is 10.6. The highest BCUT2D eigenvalue weighted by Crippen LogP contribution is 2.39. The minimum atomic E-state index is -4.62. The third kappa shape index (κ3) is 3.89. The van der Waals surface area contributed by atoms with Gasteiger partial charge in [-0.25, -0.2) is 4.98 Å². The van der Waals surface area contributed by atoms with Crippen LogP contribution < -0.4 is 5.56 Å². The second kappa shape index (κ2) is 8.13. The molecule has 2 aromatic heterocycles. The van der Waals surface area contributed by atoms with Crippen molar-refractivity contribution >= 4 is 39.4 Å². The molecule has 1 aliphatic heterocycles. The maximum absolute atomic E-state index is 13.3. The number of hydrogen-bond donors (Lipinski definition) is 0. The van der Waals surface area contributed by atoms with Crippen molar-refractivity contribution in [1.29, 1.82) is 0 Å². The summed E-state index contributed by atoms with van der Waals surface area (Å²) in [5.41, 5.74) is -0.854. The predicted molar refractivity (Wildman–Crippen MR) is 110 cm³/mol. The summed E-state index contributed by atoms with van der Waals surface area (Å²) in [6.45, 7) is 2.13. The van der Waals surface area contributed by atoms with Crippen molar-refractivity contribution in [3.8, 4) is 11.1 Å². The lowest BCUT2D eigenvalue weighted by Crippen LogP contribution is -2.34. The Morgan fingerprint density at radius 2 is 2.00 bits per heavy atom. The molecule has 3 heterocycles. The van der Waals surface area contributed by atoms with Gasteiger partial charge in [-0.2, -0.15) is 13.2 Å². The number of nitrogens with zero attached hydrogens (tertiary/aromatic N) is 3. The number of thiophene rings is 1. The van der Waals surface area contributed by atoms with Gasteiger partial charge in [-0.05, 0) is 43.6 Å². The molecule has 1 aromatic carbocycles. The fraction of sp³-hybridized carbons (Fsp3) is 0.350. The number of likely N-dealkylation sites (tertiary alicyclic amines) is 1. The van der Waals surface area contributed by atoms with Crippen LogP contribution in [0.3, 0.4) is 0 Å². The number of halogens is 4.